The van der Waals surface area contributed by atoms with E-state index in [0.717, 1.165) is 19.9 Å². The molecule has 0 aliphatic rings. The first-order valence-electron chi connectivity index (χ1n) is 4.82. The number of aryl methyl sites for hydroxylation is 1. The van der Waals surface area contributed by atoms with Crippen molar-refractivity contribution in [2.75, 3.05) is 0 Å². The highest BCUT2D eigenvalue weighted by atomic mass is 79.9. The third kappa shape index (κ3) is 2.23. The molecule has 1 aromatic carbocycles. The zero-order valence-electron chi connectivity index (χ0n) is 8.95. The first-order valence-corrected chi connectivity index (χ1v) is 6.43. The van der Waals surface area contributed by atoms with Gasteiger partial charge >= 0.3 is 0 Å². The fourth-order valence-corrected chi connectivity index (χ4v) is 2.85. The number of halogens is 1. The standard InChI is InChI=1S/C12H10BrNOS/c1-7(15)11-12(16-8(2)14-11)9-4-3-5-10(13)6-9/h3-6H,1-2H3. The van der Waals surface area contributed by atoms with Crippen LogP contribution in [0.15, 0.2) is 28.7 Å². The average Bonchev–Trinajstić information content (AvgIpc) is 2.60. The number of thiazole rings is 1. The Morgan fingerprint density at radius 2 is 2.19 bits per heavy atom. The predicted molar refractivity (Wildman–Crippen MR) is 70.0 cm³/mol. The predicted octanol–water partition coefficient (Wildman–Crippen LogP) is 4.08. The van der Waals surface area contributed by atoms with Gasteiger partial charge in [0, 0.05) is 11.4 Å². The second kappa shape index (κ2) is 4.47. The summed E-state index contributed by atoms with van der Waals surface area (Å²) in [6.45, 7) is 3.47. The summed E-state index contributed by atoms with van der Waals surface area (Å²) in [7, 11) is 0. The number of carbonyl (C=O) groups excluding carboxylic acids is 1. The number of hydrogen-bond donors (Lipinski definition) is 0. The number of aromatic nitrogens is 1. The largest absolute Gasteiger partial charge is 0.293 e. The Hall–Kier alpha value is -1.00. The van der Waals surface area contributed by atoms with Crippen LogP contribution in [0.4, 0.5) is 0 Å². The molecule has 0 atom stereocenters. The SMILES string of the molecule is CC(=O)c1nc(C)sc1-c1cccc(Br)c1. The average molecular weight is 296 g/mol. The Morgan fingerprint density at radius 3 is 2.81 bits per heavy atom. The molecule has 0 radical (unpaired) electrons. The minimum atomic E-state index is 0.0133. The van der Waals surface area contributed by atoms with Crippen LogP contribution in [0.2, 0.25) is 0 Å². The van der Waals surface area contributed by atoms with Crippen LogP contribution in [0.1, 0.15) is 22.4 Å². The lowest BCUT2D eigenvalue weighted by atomic mass is 10.1. The summed E-state index contributed by atoms with van der Waals surface area (Å²) >= 11 is 4.98. The molecule has 2 aromatic rings. The van der Waals surface area contributed by atoms with Crippen LogP contribution in [0.25, 0.3) is 10.4 Å². The first kappa shape index (κ1) is 11.5. The monoisotopic (exact) mass is 295 g/mol. The third-order valence-electron chi connectivity index (χ3n) is 2.15. The molecule has 0 N–H and O–H groups in total. The van der Waals surface area contributed by atoms with Crippen molar-refractivity contribution in [1.82, 2.24) is 4.98 Å². The van der Waals surface area contributed by atoms with E-state index in [-0.39, 0.29) is 5.78 Å². The van der Waals surface area contributed by atoms with Crippen molar-refractivity contribution in [1.29, 1.82) is 0 Å². The van der Waals surface area contributed by atoms with E-state index < -0.39 is 0 Å². The number of nitrogens with zero attached hydrogens (tertiary/aromatic N) is 1. The van der Waals surface area contributed by atoms with Gasteiger partial charge in [0.2, 0.25) is 0 Å². The zero-order valence-corrected chi connectivity index (χ0v) is 11.4. The molecule has 0 aliphatic carbocycles. The lowest BCUT2D eigenvalue weighted by Gasteiger charge is -2.00. The maximum atomic E-state index is 11.5. The smallest absolute Gasteiger partial charge is 0.179 e. The molecule has 4 heteroatoms. The van der Waals surface area contributed by atoms with Crippen molar-refractivity contribution in [3.05, 3.63) is 39.4 Å². The Morgan fingerprint density at radius 1 is 1.44 bits per heavy atom. The molecule has 0 fully saturated rings. The summed E-state index contributed by atoms with van der Waals surface area (Å²) in [6, 6.07) is 7.91. The van der Waals surface area contributed by atoms with E-state index in [0.29, 0.717) is 5.69 Å². The van der Waals surface area contributed by atoms with Gasteiger partial charge in [0.1, 0.15) is 5.69 Å². The summed E-state index contributed by atoms with van der Waals surface area (Å²) in [5.74, 6) is 0.0133. The molecule has 0 aliphatic heterocycles. The molecule has 2 rings (SSSR count). The number of ketones is 1. The van der Waals surface area contributed by atoms with E-state index in [1.165, 1.54) is 0 Å². The number of benzene rings is 1. The van der Waals surface area contributed by atoms with Gasteiger partial charge in [0.25, 0.3) is 0 Å². The number of carbonyl (C=O) groups is 1. The van der Waals surface area contributed by atoms with E-state index >= 15 is 0 Å². The topological polar surface area (TPSA) is 30.0 Å². The summed E-state index contributed by atoms with van der Waals surface area (Å²) in [6.07, 6.45) is 0. The normalized spacial score (nSPS) is 10.4. The minimum Gasteiger partial charge on any atom is -0.293 e. The summed E-state index contributed by atoms with van der Waals surface area (Å²) < 4.78 is 1.01. The quantitative estimate of drug-likeness (QED) is 0.781. The van der Waals surface area contributed by atoms with Crippen LogP contribution < -0.4 is 0 Å². The molecule has 82 valence electrons. The maximum absolute atomic E-state index is 11.5. The summed E-state index contributed by atoms with van der Waals surface area (Å²) in [5, 5.41) is 0.917. The van der Waals surface area contributed by atoms with Crippen LogP contribution in [-0.2, 0) is 0 Å². The molecule has 0 amide bonds. The Bertz CT molecular complexity index is 548. The highest BCUT2D eigenvalue weighted by molar-refractivity contribution is 9.10. The fourth-order valence-electron chi connectivity index (χ4n) is 1.49. The van der Waals surface area contributed by atoms with Gasteiger partial charge in [-0.3, -0.25) is 4.79 Å². The van der Waals surface area contributed by atoms with Gasteiger partial charge in [-0.2, -0.15) is 0 Å². The van der Waals surface area contributed by atoms with Gasteiger partial charge in [-0.25, -0.2) is 4.98 Å². The van der Waals surface area contributed by atoms with Crippen LogP contribution in [0.5, 0.6) is 0 Å². The van der Waals surface area contributed by atoms with E-state index in [9.17, 15) is 4.79 Å². The Balaban J connectivity index is 2.59. The van der Waals surface area contributed by atoms with Crippen LogP contribution in [0.3, 0.4) is 0 Å². The molecule has 0 saturated carbocycles. The molecule has 0 unspecified atom stereocenters. The molecule has 2 nitrogen and oxygen atoms in total. The van der Waals surface area contributed by atoms with Crippen molar-refractivity contribution in [2.45, 2.75) is 13.8 Å². The lowest BCUT2D eigenvalue weighted by molar-refractivity contribution is 0.101. The number of Topliss-reactive ketones (excluding diaryl/α,β-unsaturated/α-hetero) is 1. The van der Waals surface area contributed by atoms with Crippen molar-refractivity contribution in [3.8, 4) is 10.4 Å². The highest BCUT2D eigenvalue weighted by Crippen LogP contribution is 2.31. The van der Waals surface area contributed by atoms with Gasteiger partial charge in [0.05, 0.1) is 9.88 Å². The zero-order chi connectivity index (χ0) is 11.7. The molecule has 0 spiro atoms. The lowest BCUT2D eigenvalue weighted by Crippen LogP contribution is -1.94. The van der Waals surface area contributed by atoms with Gasteiger partial charge in [-0.1, -0.05) is 28.1 Å². The second-order valence-electron chi connectivity index (χ2n) is 3.48. The third-order valence-corrected chi connectivity index (χ3v) is 3.67. The fraction of sp³-hybridized carbons (Fsp3) is 0.167. The minimum absolute atomic E-state index is 0.0133. The molecule has 1 aromatic heterocycles. The van der Waals surface area contributed by atoms with Crippen LogP contribution in [0, 0.1) is 6.92 Å². The first-order chi connectivity index (χ1) is 7.58. The van der Waals surface area contributed by atoms with Crippen LogP contribution >= 0.6 is 27.3 Å². The van der Waals surface area contributed by atoms with Crippen molar-refractivity contribution < 1.29 is 4.79 Å². The van der Waals surface area contributed by atoms with Crippen molar-refractivity contribution in [2.24, 2.45) is 0 Å². The molecular formula is C12H10BrNOS. The molecule has 1 heterocycles. The molecule has 0 bridgehead atoms. The molecule has 0 saturated heterocycles. The van der Waals surface area contributed by atoms with Gasteiger partial charge in [-0.05, 0) is 24.6 Å². The second-order valence-corrected chi connectivity index (χ2v) is 5.60. The van der Waals surface area contributed by atoms with Crippen molar-refractivity contribution in [3.63, 3.8) is 0 Å². The number of rotatable bonds is 2. The van der Waals surface area contributed by atoms with E-state index in [2.05, 4.69) is 20.9 Å². The van der Waals surface area contributed by atoms with Gasteiger partial charge < -0.3 is 0 Å². The molecular weight excluding hydrogens is 286 g/mol. The maximum Gasteiger partial charge on any atom is 0.179 e. The van der Waals surface area contributed by atoms with E-state index in [1.807, 2.05) is 31.2 Å². The van der Waals surface area contributed by atoms with Crippen LogP contribution in [-0.4, -0.2) is 10.8 Å². The Kier molecular flexibility index (Phi) is 3.21. The van der Waals surface area contributed by atoms with E-state index in [1.54, 1.807) is 18.3 Å². The molecule has 16 heavy (non-hydrogen) atoms. The van der Waals surface area contributed by atoms with Crippen molar-refractivity contribution >= 4 is 33.0 Å². The van der Waals surface area contributed by atoms with Gasteiger partial charge in [-0.15, -0.1) is 11.3 Å². The van der Waals surface area contributed by atoms with Gasteiger partial charge in [0.15, 0.2) is 5.78 Å². The number of hydrogen-bond acceptors (Lipinski definition) is 3. The van der Waals surface area contributed by atoms with E-state index in [4.69, 9.17) is 0 Å². The summed E-state index contributed by atoms with van der Waals surface area (Å²) in [4.78, 5) is 16.7. The Labute approximate surface area is 106 Å². The highest BCUT2D eigenvalue weighted by Gasteiger charge is 2.14. The summed E-state index contributed by atoms with van der Waals surface area (Å²) in [5.41, 5.74) is 1.60.